The van der Waals surface area contributed by atoms with Gasteiger partial charge in [0.1, 0.15) is 6.04 Å². The second kappa shape index (κ2) is 12.3. The quantitative estimate of drug-likeness (QED) is 0.348. The fraction of sp³-hybridized carbons (Fsp3) is 0.290. The summed E-state index contributed by atoms with van der Waals surface area (Å²) < 4.78 is 51.0. The molecule has 2 heterocycles. The van der Waals surface area contributed by atoms with Gasteiger partial charge in [-0.25, -0.2) is 9.59 Å². The maximum absolute atomic E-state index is 14.0. The van der Waals surface area contributed by atoms with E-state index in [0.29, 0.717) is 12.1 Å². The molecule has 0 aliphatic carbocycles. The van der Waals surface area contributed by atoms with Gasteiger partial charge < -0.3 is 19.7 Å². The molecule has 0 aromatic heterocycles. The van der Waals surface area contributed by atoms with E-state index in [1.54, 1.807) is 24.3 Å². The van der Waals surface area contributed by atoms with E-state index in [-0.39, 0.29) is 42.7 Å². The molecule has 0 unspecified atom stereocenters. The average Bonchev–Trinajstić information content (AvgIpc) is 3.00. The molecule has 1 fully saturated rings. The van der Waals surface area contributed by atoms with Gasteiger partial charge in [0.05, 0.1) is 24.9 Å². The molecule has 230 valence electrons. The first-order chi connectivity index (χ1) is 21.0. The fourth-order valence-electron chi connectivity index (χ4n) is 5.47. The predicted octanol–water partition coefficient (Wildman–Crippen LogP) is 5.30. The van der Waals surface area contributed by atoms with Crippen molar-refractivity contribution in [2.45, 2.75) is 37.1 Å². The number of halogens is 3. The van der Waals surface area contributed by atoms with Crippen LogP contribution in [0.25, 0.3) is 0 Å². The Balaban J connectivity index is 1.41. The van der Waals surface area contributed by atoms with Crippen LogP contribution in [-0.2, 0) is 32.5 Å². The van der Waals surface area contributed by atoms with Gasteiger partial charge in [-0.15, -0.1) is 0 Å². The molecule has 4 amide bonds. The van der Waals surface area contributed by atoms with E-state index in [4.69, 9.17) is 4.74 Å². The number of hydrogen-bond donors (Lipinski definition) is 3. The van der Waals surface area contributed by atoms with Crippen molar-refractivity contribution in [3.05, 3.63) is 95.1 Å². The zero-order valence-electron chi connectivity index (χ0n) is 23.6. The molecule has 44 heavy (non-hydrogen) atoms. The van der Waals surface area contributed by atoms with Crippen LogP contribution in [0.2, 0.25) is 0 Å². The highest BCUT2D eigenvalue weighted by molar-refractivity contribution is 5.98. The summed E-state index contributed by atoms with van der Waals surface area (Å²) >= 11 is 0. The molecule has 3 N–H and O–H groups in total. The lowest BCUT2D eigenvalue weighted by Gasteiger charge is -2.45. The van der Waals surface area contributed by atoms with Crippen LogP contribution in [0, 0.1) is 0 Å². The van der Waals surface area contributed by atoms with Crippen LogP contribution in [0.3, 0.4) is 0 Å². The minimum atomic E-state index is -4.62. The number of rotatable bonds is 6. The van der Waals surface area contributed by atoms with E-state index in [1.165, 1.54) is 42.3 Å². The Labute approximate surface area is 250 Å². The maximum atomic E-state index is 14.0. The van der Waals surface area contributed by atoms with Crippen LogP contribution in [0.15, 0.2) is 72.8 Å². The van der Waals surface area contributed by atoms with Gasteiger partial charge >= 0.3 is 18.4 Å². The first-order valence-corrected chi connectivity index (χ1v) is 13.8. The van der Waals surface area contributed by atoms with Crippen LogP contribution in [-0.4, -0.2) is 55.1 Å². The lowest BCUT2D eigenvalue weighted by atomic mass is 9.82. The third-order valence-electron chi connectivity index (χ3n) is 7.59. The summed E-state index contributed by atoms with van der Waals surface area (Å²) in [6.07, 6.45) is -5.44. The number of fused-ring (bicyclic) bond motifs is 2. The number of nitrogens with one attached hydrogen (secondary N) is 3. The molecular formula is C31H29F3N4O6. The van der Waals surface area contributed by atoms with Crippen molar-refractivity contribution in [3.8, 4) is 0 Å². The number of amides is 4. The molecule has 2 aliphatic rings. The maximum Gasteiger partial charge on any atom is 0.416 e. The number of alkyl halides is 3. The number of carbonyl (C=O) groups excluding carboxylic acids is 4. The molecule has 10 nitrogen and oxygen atoms in total. The Morgan fingerprint density at radius 2 is 1.80 bits per heavy atom. The number of piperidine rings is 1. The summed E-state index contributed by atoms with van der Waals surface area (Å²) in [7, 11) is 1.22. The minimum absolute atomic E-state index is 0.132. The third-order valence-corrected chi connectivity index (χ3v) is 7.59. The highest BCUT2D eigenvalue weighted by Crippen LogP contribution is 2.44. The number of carbonyl (C=O) groups is 4. The summed E-state index contributed by atoms with van der Waals surface area (Å²) in [5.74, 6) is -1.03. The molecule has 1 spiro atoms. The van der Waals surface area contributed by atoms with E-state index in [9.17, 15) is 32.3 Å². The normalized spacial score (nSPS) is 18.4. The van der Waals surface area contributed by atoms with Gasteiger partial charge in [0.2, 0.25) is 5.91 Å². The van der Waals surface area contributed by atoms with Gasteiger partial charge in [-0.2, -0.15) is 13.2 Å². The topological polar surface area (TPSA) is 126 Å². The zero-order valence-corrected chi connectivity index (χ0v) is 23.6. The molecule has 2 aliphatic heterocycles. The van der Waals surface area contributed by atoms with Gasteiger partial charge in [-0.3, -0.25) is 20.2 Å². The monoisotopic (exact) mass is 610 g/mol. The molecule has 3 aromatic carbocycles. The fourth-order valence-corrected chi connectivity index (χ4v) is 5.47. The summed E-state index contributed by atoms with van der Waals surface area (Å²) in [4.78, 5) is 52.7. The van der Waals surface area contributed by atoms with Crippen molar-refractivity contribution < 1.29 is 41.8 Å². The zero-order chi connectivity index (χ0) is 31.5. The molecule has 0 radical (unpaired) electrons. The SMILES string of the molecule is COC(=O)Nc1ccc(C(=O)N[C@@H](Cc2ccccc2)C(=O)N2CCC[C@@]3(C2)OC(=O)Nc2ccc(C(F)(F)F)cc23)cc1. The van der Waals surface area contributed by atoms with Crippen LogP contribution in [0.5, 0.6) is 0 Å². The minimum Gasteiger partial charge on any atom is -0.453 e. The molecule has 5 rings (SSSR count). The Morgan fingerprint density at radius 3 is 2.48 bits per heavy atom. The van der Waals surface area contributed by atoms with E-state index in [2.05, 4.69) is 20.7 Å². The lowest BCUT2D eigenvalue weighted by molar-refractivity contribution is -0.142. The number of methoxy groups -OCH3 is 1. The van der Waals surface area contributed by atoms with Crippen molar-refractivity contribution in [2.75, 3.05) is 30.8 Å². The lowest BCUT2D eigenvalue weighted by Crippen LogP contribution is -2.57. The van der Waals surface area contributed by atoms with Gasteiger partial charge in [0, 0.05) is 29.8 Å². The summed E-state index contributed by atoms with van der Waals surface area (Å²) in [5.41, 5.74) is -0.700. The Hall–Kier alpha value is -5.07. The number of nitrogens with zero attached hydrogens (tertiary/aromatic N) is 1. The summed E-state index contributed by atoms with van der Waals surface area (Å²) in [5, 5.41) is 7.73. The van der Waals surface area contributed by atoms with Gasteiger partial charge in [0.25, 0.3) is 5.91 Å². The van der Waals surface area contributed by atoms with Gasteiger partial charge in [-0.05, 0) is 60.9 Å². The van der Waals surface area contributed by atoms with Crippen molar-refractivity contribution in [1.29, 1.82) is 0 Å². The van der Waals surface area contributed by atoms with Crippen molar-refractivity contribution in [2.24, 2.45) is 0 Å². The first-order valence-electron chi connectivity index (χ1n) is 13.8. The van der Waals surface area contributed by atoms with E-state index < -0.39 is 47.4 Å². The Kier molecular flexibility index (Phi) is 8.47. The molecule has 0 saturated carbocycles. The van der Waals surface area contributed by atoms with Crippen molar-refractivity contribution >= 4 is 35.4 Å². The number of likely N-dealkylation sites (tertiary alicyclic amines) is 1. The van der Waals surface area contributed by atoms with Crippen LogP contribution in [0.1, 0.15) is 39.9 Å². The third kappa shape index (κ3) is 6.61. The summed E-state index contributed by atoms with van der Waals surface area (Å²) in [6.45, 7) is 0.0531. The van der Waals surface area contributed by atoms with Crippen molar-refractivity contribution in [1.82, 2.24) is 10.2 Å². The van der Waals surface area contributed by atoms with Crippen molar-refractivity contribution in [3.63, 3.8) is 0 Å². The largest absolute Gasteiger partial charge is 0.453 e. The number of ether oxygens (including phenoxy) is 2. The average molecular weight is 611 g/mol. The Bertz CT molecular complexity index is 1560. The smallest absolute Gasteiger partial charge is 0.416 e. The van der Waals surface area contributed by atoms with Crippen LogP contribution >= 0.6 is 0 Å². The molecule has 3 aromatic rings. The molecule has 1 saturated heterocycles. The highest BCUT2D eigenvalue weighted by atomic mass is 19.4. The Morgan fingerprint density at radius 1 is 1.07 bits per heavy atom. The predicted molar refractivity (Wildman–Crippen MR) is 153 cm³/mol. The van der Waals surface area contributed by atoms with Crippen LogP contribution < -0.4 is 16.0 Å². The second-order valence-corrected chi connectivity index (χ2v) is 10.5. The van der Waals surface area contributed by atoms with Gasteiger partial charge in [0.15, 0.2) is 5.60 Å². The van der Waals surface area contributed by atoms with E-state index in [1.807, 2.05) is 6.07 Å². The number of benzene rings is 3. The summed E-state index contributed by atoms with van der Waals surface area (Å²) in [6, 6.07) is 17.0. The number of anilines is 2. The van der Waals surface area contributed by atoms with Gasteiger partial charge in [-0.1, -0.05) is 30.3 Å². The first kappa shape index (κ1) is 30.4. The standard InChI is InChI=1S/C31H29F3N4O6/c1-43-28(41)35-22-11-8-20(9-12-22)26(39)36-25(16-19-6-3-2-4-7-19)27(40)38-15-5-14-30(18-38)23-17-21(31(32,33)34)10-13-24(23)37-29(42)44-30/h2-4,6-13,17,25H,5,14-16,18H2,1H3,(H,35,41)(H,36,39)(H,37,42)/t25-,30-/m0/s1. The number of hydrogen-bond acceptors (Lipinski definition) is 6. The molecule has 13 heteroatoms. The second-order valence-electron chi connectivity index (χ2n) is 10.5. The van der Waals surface area contributed by atoms with E-state index >= 15 is 0 Å². The molecular weight excluding hydrogens is 581 g/mol. The van der Waals surface area contributed by atoms with Crippen LogP contribution in [0.4, 0.5) is 34.1 Å². The molecule has 0 bridgehead atoms. The highest BCUT2D eigenvalue weighted by Gasteiger charge is 2.48. The molecule has 2 atom stereocenters. The van der Waals surface area contributed by atoms with E-state index in [0.717, 1.165) is 17.7 Å².